The van der Waals surface area contributed by atoms with Gasteiger partial charge in [-0.3, -0.25) is 9.59 Å². The first-order valence-electron chi connectivity index (χ1n) is 11.3. The number of anilines is 1. The summed E-state index contributed by atoms with van der Waals surface area (Å²) in [6.45, 7) is 0.305. The van der Waals surface area contributed by atoms with Gasteiger partial charge in [-0.1, -0.05) is 48.5 Å². The molecule has 174 valence electrons. The molecule has 2 aliphatic heterocycles. The van der Waals surface area contributed by atoms with E-state index in [1.807, 2.05) is 66.7 Å². The van der Waals surface area contributed by atoms with Gasteiger partial charge in [0.15, 0.2) is 0 Å². The average molecular weight is 459 g/mol. The molecule has 0 unspecified atom stereocenters. The van der Waals surface area contributed by atoms with Crippen molar-refractivity contribution in [3.05, 3.63) is 72.3 Å². The monoisotopic (exact) mass is 458 g/mol. The number of ether oxygens (including phenoxy) is 1. The van der Waals surface area contributed by atoms with Crippen molar-refractivity contribution in [2.24, 2.45) is 0 Å². The Morgan fingerprint density at radius 3 is 2.62 bits per heavy atom. The van der Waals surface area contributed by atoms with Crippen LogP contribution in [0.15, 0.2) is 66.7 Å². The van der Waals surface area contributed by atoms with Gasteiger partial charge in [0.2, 0.25) is 11.8 Å². The van der Waals surface area contributed by atoms with Crippen LogP contribution in [0.25, 0.3) is 10.8 Å². The molecule has 0 saturated carbocycles. The molecular weight excluding hydrogens is 432 g/mol. The van der Waals surface area contributed by atoms with E-state index < -0.39 is 12.1 Å². The van der Waals surface area contributed by atoms with Gasteiger partial charge in [0.05, 0.1) is 18.8 Å². The number of hydrogen-bond acceptors (Lipinski definition) is 4. The predicted octanol–water partition coefficient (Wildman–Crippen LogP) is 2.68. The van der Waals surface area contributed by atoms with E-state index in [1.54, 1.807) is 12.0 Å². The number of fused-ring (bicyclic) bond motifs is 2. The summed E-state index contributed by atoms with van der Waals surface area (Å²) in [7, 11) is 1.60. The maximum atomic E-state index is 13.1. The van der Waals surface area contributed by atoms with Gasteiger partial charge in [0.1, 0.15) is 17.8 Å². The van der Waals surface area contributed by atoms with Gasteiger partial charge < -0.3 is 25.6 Å². The van der Waals surface area contributed by atoms with Gasteiger partial charge in [-0.05, 0) is 35.6 Å². The van der Waals surface area contributed by atoms with Gasteiger partial charge in [-0.25, -0.2) is 4.79 Å². The lowest BCUT2D eigenvalue weighted by Crippen LogP contribution is -2.61. The molecule has 3 aromatic carbocycles. The molecule has 8 nitrogen and oxygen atoms in total. The minimum atomic E-state index is -0.625. The molecule has 5 rings (SSSR count). The minimum absolute atomic E-state index is 0.126. The molecule has 4 amide bonds. The number of carbonyl (C=O) groups excluding carboxylic acids is 3. The van der Waals surface area contributed by atoms with Gasteiger partial charge in [-0.15, -0.1) is 0 Å². The molecule has 0 radical (unpaired) electrons. The number of methoxy groups -OCH3 is 1. The van der Waals surface area contributed by atoms with Crippen LogP contribution in [0.1, 0.15) is 12.0 Å². The Hall–Kier alpha value is -4.07. The van der Waals surface area contributed by atoms with Crippen molar-refractivity contribution < 1.29 is 19.1 Å². The normalized spacial score (nSPS) is 21.7. The smallest absolute Gasteiger partial charge is 0.319 e. The fourth-order valence-corrected chi connectivity index (χ4v) is 4.78. The largest absolute Gasteiger partial charge is 0.497 e. The summed E-state index contributed by atoms with van der Waals surface area (Å²) in [6.07, 6.45) is 0.785. The summed E-state index contributed by atoms with van der Waals surface area (Å²) in [4.78, 5) is 40.1. The average Bonchev–Trinajstić information content (AvgIpc) is 3.27. The zero-order chi connectivity index (χ0) is 23.7. The van der Waals surface area contributed by atoms with Gasteiger partial charge in [-0.2, -0.15) is 0 Å². The third-order valence-corrected chi connectivity index (χ3v) is 6.47. The van der Waals surface area contributed by atoms with Crippen molar-refractivity contribution in [2.45, 2.75) is 31.0 Å². The van der Waals surface area contributed by atoms with Crippen LogP contribution < -0.4 is 20.7 Å². The van der Waals surface area contributed by atoms with E-state index in [1.165, 1.54) is 0 Å². The van der Waals surface area contributed by atoms with Crippen molar-refractivity contribution in [3.8, 4) is 5.75 Å². The van der Waals surface area contributed by atoms with Crippen LogP contribution in [-0.2, 0) is 16.0 Å². The van der Waals surface area contributed by atoms with Crippen molar-refractivity contribution in [1.82, 2.24) is 15.5 Å². The van der Waals surface area contributed by atoms with Crippen molar-refractivity contribution in [2.75, 3.05) is 19.0 Å². The Bertz CT molecular complexity index is 1240. The van der Waals surface area contributed by atoms with E-state index >= 15 is 0 Å². The molecule has 3 atom stereocenters. The van der Waals surface area contributed by atoms with E-state index in [0.29, 0.717) is 25.1 Å². The number of piperazine rings is 1. The fraction of sp³-hybridized carbons (Fsp3) is 0.269. The van der Waals surface area contributed by atoms with Crippen molar-refractivity contribution in [1.29, 1.82) is 0 Å². The Labute approximate surface area is 197 Å². The number of rotatable bonds is 5. The van der Waals surface area contributed by atoms with E-state index in [-0.39, 0.29) is 23.9 Å². The SMILES string of the molecule is COc1ccc(C[C@@H]2NC(=O)[C@@H]3C[C@H](NC(=O)Nc4cccc5ccccc45)CN3C2=O)cc1. The third kappa shape index (κ3) is 4.26. The van der Waals surface area contributed by atoms with Crippen molar-refractivity contribution in [3.63, 3.8) is 0 Å². The Balaban J connectivity index is 1.22. The Morgan fingerprint density at radius 1 is 1.06 bits per heavy atom. The molecule has 34 heavy (non-hydrogen) atoms. The Kier molecular flexibility index (Phi) is 5.79. The molecule has 0 aromatic heterocycles. The maximum Gasteiger partial charge on any atom is 0.319 e. The van der Waals surface area contributed by atoms with Gasteiger partial charge >= 0.3 is 6.03 Å². The molecule has 8 heteroatoms. The first kappa shape index (κ1) is 21.8. The summed E-state index contributed by atoms with van der Waals surface area (Å²) in [5.74, 6) is 0.425. The lowest BCUT2D eigenvalue weighted by Gasteiger charge is -2.34. The standard InChI is InChI=1S/C26H26N4O4/c1-34-19-11-9-16(10-12-19)13-22-25(32)30-15-18(14-23(30)24(31)28-22)27-26(33)29-21-8-4-6-17-5-2-3-7-20(17)21/h2-12,18,22-23H,13-15H2,1H3,(H,28,31)(H2,27,29,33)/t18-,22-,23-/m0/s1. The molecule has 2 heterocycles. The highest BCUT2D eigenvalue weighted by Crippen LogP contribution is 2.26. The fourth-order valence-electron chi connectivity index (χ4n) is 4.78. The number of nitrogens with one attached hydrogen (secondary N) is 3. The number of carbonyl (C=O) groups is 3. The second-order valence-corrected chi connectivity index (χ2v) is 8.68. The summed E-state index contributed by atoms with van der Waals surface area (Å²) in [6, 6.07) is 19.1. The first-order chi connectivity index (χ1) is 16.5. The molecule has 3 aromatic rings. The molecular formula is C26H26N4O4. The predicted molar refractivity (Wildman–Crippen MR) is 129 cm³/mol. The van der Waals surface area contributed by atoms with E-state index in [0.717, 1.165) is 22.1 Å². The number of amides is 4. The number of hydrogen-bond donors (Lipinski definition) is 3. The highest BCUT2D eigenvalue weighted by atomic mass is 16.5. The second kappa shape index (κ2) is 9.05. The molecule has 0 bridgehead atoms. The topological polar surface area (TPSA) is 99.8 Å². The maximum absolute atomic E-state index is 13.1. The summed E-state index contributed by atoms with van der Waals surface area (Å²) < 4.78 is 5.17. The van der Waals surface area contributed by atoms with Crippen LogP contribution in [0.4, 0.5) is 10.5 Å². The van der Waals surface area contributed by atoms with Crippen LogP contribution in [-0.4, -0.2) is 54.5 Å². The molecule has 0 spiro atoms. The molecule has 0 aliphatic carbocycles. The number of benzene rings is 3. The molecule has 2 aliphatic rings. The van der Waals surface area contributed by atoms with Crippen LogP contribution in [0.5, 0.6) is 5.75 Å². The highest BCUT2D eigenvalue weighted by molar-refractivity contribution is 6.02. The van der Waals surface area contributed by atoms with E-state index in [2.05, 4.69) is 16.0 Å². The molecule has 3 N–H and O–H groups in total. The van der Waals surface area contributed by atoms with Gasteiger partial charge in [0.25, 0.3) is 0 Å². The van der Waals surface area contributed by atoms with Crippen LogP contribution in [0.2, 0.25) is 0 Å². The lowest BCUT2D eigenvalue weighted by molar-refractivity contribution is -0.147. The van der Waals surface area contributed by atoms with Crippen LogP contribution in [0.3, 0.4) is 0 Å². The van der Waals surface area contributed by atoms with E-state index in [4.69, 9.17) is 4.74 Å². The minimum Gasteiger partial charge on any atom is -0.497 e. The number of urea groups is 1. The molecule has 2 saturated heterocycles. The zero-order valence-electron chi connectivity index (χ0n) is 18.8. The quantitative estimate of drug-likeness (QED) is 0.547. The Morgan fingerprint density at radius 2 is 1.82 bits per heavy atom. The third-order valence-electron chi connectivity index (χ3n) is 6.47. The van der Waals surface area contributed by atoms with Crippen LogP contribution in [0, 0.1) is 0 Å². The van der Waals surface area contributed by atoms with Crippen LogP contribution >= 0.6 is 0 Å². The summed E-state index contributed by atoms with van der Waals surface area (Å²) in [5.41, 5.74) is 1.64. The highest BCUT2D eigenvalue weighted by Gasteiger charge is 2.46. The van der Waals surface area contributed by atoms with Crippen molar-refractivity contribution >= 4 is 34.3 Å². The molecule has 2 fully saturated rings. The lowest BCUT2D eigenvalue weighted by atomic mass is 10.0. The van der Waals surface area contributed by atoms with E-state index in [9.17, 15) is 14.4 Å². The number of nitrogens with zero attached hydrogens (tertiary/aromatic N) is 1. The zero-order valence-corrected chi connectivity index (χ0v) is 18.8. The summed E-state index contributed by atoms with van der Waals surface area (Å²) >= 11 is 0. The van der Waals surface area contributed by atoms with Gasteiger partial charge in [0, 0.05) is 18.4 Å². The summed E-state index contributed by atoms with van der Waals surface area (Å²) in [5, 5.41) is 10.7. The second-order valence-electron chi connectivity index (χ2n) is 8.68. The first-order valence-corrected chi connectivity index (χ1v) is 11.3.